The Hall–Kier alpha value is -2.31. The van der Waals surface area contributed by atoms with E-state index in [0.717, 1.165) is 32.1 Å². The van der Waals surface area contributed by atoms with Gasteiger partial charge in [-0.1, -0.05) is 39.5 Å². The maximum Gasteiger partial charge on any atom is 0.328 e. The minimum Gasteiger partial charge on any atom is -0.503 e. The van der Waals surface area contributed by atoms with Crippen LogP contribution in [0, 0.1) is 11.8 Å². The van der Waals surface area contributed by atoms with Crippen molar-refractivity contribution in [1.29, 1.82) is 0 Å². The average molecular weight is 392 g/mol. The molecule has 7 nitrogen and oxygen atoms in total. The molecule has 0 radical (unpaired) electrons. The van der Waals surface area contributed by atoms with Gasteiger partial charge in [-0.25, -0.2) is 9.78 Å². The Kier molecular flexibility index (Phi) is 8.08. The number of amides is 1. The molecule has 2 rings (SSSR count). The molecule has 0 bridgehead atoms. The Balaban J connectivity index is 2.05. The van der Waals surface area contributed by atoms with E-state index >= 15 is 0 Å². The number of methoxy groups -OCH3 is 1. The lowest BCUT2D eigenvalue weighted by atomic mass is 9.89. The number of esters is 1. The molecule has 0 aliphatic carbocycles. The van der Waals surface area contributed by atoms with Crippen LogP contribution < -0.4 is 10.1 Å². The number of carbonyl (C=O) groups is 2. The number of carbonyl (C=O) groups excluding carboxylic acids is 2. The summed E-state index contributed by atoms with van der Waals surface area (Å²) in [6.07, 6.45) is 6.64. The van der Waals surface area contributed by atoms with Gasteiger partial charge >= 0.3 is 5.97 Å². The molecular weight excluding hydrogens is 360 g/mol. The van der Waals surface area contributed by atoms with E-state index in [9.17, 15) is 14.7 Å². The van der Waals surface area contributed by atoms with Crippen LogP contribution in [0.1, 0.15) is 69.8 Å². The number of aromatic nitrogens is 1. The van der Waals surface area contributed by atoms with E-state index in [-0.39, 0.29) is 23.3 Å². The van der Waals surface area contributed by atoms with Gasteiger partial charge in [-0.05, 0) is 31.6 Å². The largest absolute Gasteiger partial charge is 0.503 e. The zero-order valence-corrected chi connectivity index (χ0v) is 17.2. The monoisotopic (exact) mass is 392 g/mol. The molecule has 1 aliphatic heterocycles. The average Bonchev–Trinajstić information content (AvgIpc) is 2.70. The Labute approximate surface area is 166 Å². The van der Waals surface area contributed by atoms with E-state index < -0.39 is 17.9 Å². The van der Waals surface area contributed by atoms with E-state index in [2.05, 4.69) is 24.1 Å². The molecule has 0 aromatic carbocycles. The third-order valence-corrected chi connectivity index (χ3v) is 5.15. The lowest BCUT2D eigenvalue weighted by molar-refractivity contribution is -0.151. The SMILES string of the molecule is COc1ccnc(C(=O)N[C@H]2CCC[C@H](CCC(C)C)C[C@H](C)OC2=O)c1O. The molecule has 1 aromatic heterocycles. The zero-order valence-electron chi connectivity index (χ0n) is 17.2. The van der Waals surface area contributed by atoms with Gasteiger partial charge in [0.2, 0.25) is 0 Å². The van der Waals surface area contributed by atoms with Crippen LogP contribution in [-0.4, -0.2) is 41.2 Å². The lowest BCUT2D eigenvalue weighted by Gasteiger charge is -2.21. The maximum atomic E-state index is 12.6. The van der Waals surface area contributed by atoms with Gasteiger partial charge in [0.1, 0.15) is 6.04 Å². The number of aromatic hydroxyl groups is 1. The highest BCUT2D eigenvalue weighted by molar-refractivity contribution is 5.97. The van der Waals surface area contributed by atoms with E-state index in [1.54, 1.807) is 0 Å². The lowest BCUT2D eigenvalue weighted by Crippen LogP contribution is -2.42. The molecule has 0 spiro atoms. The Morgan fingerprint density at radius 1 is 1.43 bits per heavy atom. The van der Waals surface area contributed by atoms with Crippen LogP contribution in [0.15, 0.2) is 12.3 Å². The molecule has 2 N–H and O–H groups in total. The van der Waals surface area contributed by atoms with Gasteiger partial charge in [-0.3, -0.25) is 4.79 Å². The number of ether oxygens (including phenoxy) is 2. The number of rotatable bonds is 6. The molecule has 1 aliphatic rings. The van der Waals surface area contributed by atoms with Gasteiger partial charge in [-0.15, -0.1) is 0 Å². The summed E-state index contributed by atoms with van der Waals surface area (Å²) in [7, 11) is 1.39. The molecule has 7 heteroatoms. The summed E-state index contributed by atoms with van der Waals surface area (Å²) in [6, 6.07) is 0.700. The Bertz CT molecular complexity index is 677. The molecule has 1 amide bonds. The van der Waals surface area contributed by atoms with Crippen molar-refractivity contribution in [3.8, 4) is 11.5 Å². The molecule has 1 fully saturated rings. The quantitative estimate of drug-likeness (QED) is 0.720. The Morgan fingerprint density at radius 2 is 2.18 bits per heavy atom. The van der Waals surface area contributed by atoms with Gasteiger partial charge in [0.05, 0.1) is 13.2 Å². The summed E-state index contributed by atoms with van der Waals surface area (Å²) in [4.78, 5) is 29.0. The Morgan fingerprint density at radius 3 is 2.86 bits per heavy atom. The van der Waals surface area contributed by atoms with Crippen molar-refractivity contribution in [3.05, 3.63) is 18.0 Å². The van der Waals surface area contributed by atoms with Crippen molar-refractivity contribution in [1.82, 2.24) is 10.3 Å². The highest BCUT2D eigenvalue weighted by Gasteiger charge is 2.29. The minimum absolute atomic E-state index is 0.152. The molecule has 1 aromatic rings. The zero-order chi connectivity index (χ0) is 20.7. The summed E-state index contributed by atoms with van der Waals surface area (Å²) in [6.45, 7) is 6.33. The van der Waals surface area contributed by atoms with E-state index in [1.807, 2.05) is 6.92 Å². The van der Waals surface area contributed by atoms with Crippen LogP contribution in [0.2, 0.25) is 0 Å². The van der Waals surface area contributed by atoms with E-state index in [0.29, 0.717) is 18.3 Å². The number of nitrogens with one attached hydrogen (secondary N) is 1. The second kappa shape index (κ2) is 10.3. The van der Waals surface area contributed by atoms with Crippen LogP contribution in [-0.2, 0) is 9.53 Å². The first-order valence-electron chi connectivity index (χ1n) is 10.0. The normalized spacial score (nSPS) is 23.3. The number of nitrogens with zero attached hydrogens (tertiary/aromatic N) is 1. The first kappa shape index (κ1) is 22.0. The van der Waals surface area contributed by atoms with Gasteiger partial charge in [0.25, 0.3) is 5.91 Å². The summed E-state index contributed by atoms with van der Waals surface area (Å²) in [5.41, 5.74) is -0.171. The summed E-state index contributed by atoms with van der Waals surface area (Å²) in [5.74, 6) is -0.0847. The number of hydrogen-bond acceptors (Lipinski definition) is 6. The van der Waals surface area contributed by atoms with Crippen LogP contribution in [0.4, 0.5) is 0 Å². The number of cyclic esters (lactones) is 1. The summed E-state index contributed by atoms with van der Waals surface area (Å²) < 4.78 is 10.6. The van der Waals surface area contributed by atoms with Crippen molar-refractivity contribution in [3.63, 3.8) is 0 Å². The van der Waals surface area contributed by atoms with Gasteiger partial charge < -0.3 is 19.9 Å². The van der Waals surface area contributed by atoms with Crippen LogP contribution >= 0.6 is 0 Å². The van der Waals surface area contributed by atoms with Crippen LogP contribution in [0.25, 0.3) is 0 Å². The standard InChI is InChI=1S/C21H32N2O5/c1-13(2)8-9-15-6-5-7-16(21(26)28-14(3)12-15)23-20(25)18-19(24)17(27-4)10-11-22-18/h10-11,13-16,24H,5-9,12H2,1-4H3,(H,23,25)/t14-,15+,16-/m0/s1. The molecule has 3 atom stereocenters. The van der Waals surface area contributed by atoms with Gasteiger partial charge in [-0.2, -0.15) is 0 Å². The second-order valence-corrected chi connectivity index (χ2v) is 7.99. The maximum absolute atomic E-state index is 12.6. The van der Waals surface area contributed by atoms with Crippen LogP contribution in [0.5, 0.6) is 11.5 Å². The molecular formula is C21H32N2O5. The summed E-state index contributed by atoms with van der Waals surface area (Å²) >= 11 is 0. The van der Waals surface area contributed by atoms with Crippen LogP contribution in [0.3, 0.4) is 0 Å². The second-order valence-electron chi connectivity index (χ2n) is 7.99. The van der Waals surface area contributed by atoms with Crippen molar-refractivity contribution < 1.29 is 24.2 Å². The molecule has 28 heavy (non-hydrogen) atoms. The predicted molar refractivity (Wildman–Crippen MR) is 105 cm³/mol. The molecule has 2 heterocycles. The van der Waals surface area contributed by atoms with E-state index in [4.69, 9.17) is 9.47 Å². The third kappa shape index (κ3) is 6.11. The fourth-order valence-corrected chi connectivity index (χ4v) is 3.60. The molecule has 0 unspecified atom stereocenters. The predicted octanol–water partition coefficient (Wildman–Crippen LogP) is 3.45. The summed E-state index contributed by atoms with van der Waals surface area (Å²) in [5, 5.41) is 12.8. The topological polar surface area (TPSA) is 97.8 Å². The molecule has 0 saturated carbocycles. The molecule has 156 valence electrons. The van der Waals surface area contributed by atoms with E-state index in [1.165, 1.54) is 19.4 Å². The molecule has 1 saturated heterocycles. The fourth-order valence-electron chi connectivity index (χ4n) is 3.60. The number of hydrogen-bond donors (Lipinski definition) is 2. The van der Waals surface area contributed by atoms with Gasteiger partial charge in [0, 0.05) is 12.3 Å². The van der Waals surface area contributed by atoms with Crippen molar-refractivity contribution in [2.75, 3.05) is 7.11 Å². The highest BCUT2D eigenvalue weighted by atomic mass is 16.5. The first-order chi connectivity index (χ1) is 13.3. The third-order valence-electron chi connectivity index (χ3n) is 5.15. The minimum atomic E-state index is -0.758. The van der Waals surface area contributed by atoms with Crippen molar-refractivity contribution >= 4 is 11.9 Å². The smallest absolute Gasteiger partial charge is 0.328 e. The highest BCUT2D eigenvalue weighted by Crippen LogP contribution is 2.28. The van der Waals surface area contributed by atoms with Crippen molar-refractivity contribution in [2.24, 2.45) is 11.8 Å². The number of pyridine rings is 1. The first-order valence-corrected chi connectivity index (χ1v) is 10.0. The van der Waals surface area contributed by atoms with Gasteiger partial charge in [0.15, 0.2) is 17.2 Å². The fraction of sp³-hybridized carbons (Fsp3) is 0.667. The van der Waals surface area contributed by atoms with Crippen molar-refractivity contribution in [2.45, 2.75) is 71.4 Å².